The van der Waals surface area contributed by atoms with Crippen LogP contribution in [0.1, 0.15) is 0 Å². The molecule has 0 unspecified atom stereocenters. The molecule has 268 valence electrons. The number of nitrogens with zero attached hydrogens (tertiary/aromatic N) is 7. The van der Waals surface area contributed by atoms with Crippen molar-refractivity contribution >= 4 is 11.0 Å². The largest absolute Gasteiger partial charge is 0.291 e. The van der Waals surface area contributed by atoms with Crippen molar-refractivity contribution in [1.82, 2.24) is 34.5 Å². The van der Waals surface area contributed by atoms with Gasteiger partial charge in [-0.25, -0.2) is 9.97 Å². The zero-order valence-corrected chi connectivity index (χ0v) is 30.7. The van der Waals surface area contributed by atoms with Crippen LogP contribution in [0.2, 0.25) is 0 Å². The molecule has 7 nitrogen and oxygen atoms in total. The molecule has 6 aromatic heterocycles. The van der Waals surface area contributed by atoms with Crippen molar-refractivity contribution in [2.45, 2.75) is 0 Å². The van der Waals surface area contributed by atoms with Crippen LogP contribution in [-0.2, 0) is 0 Å². The summed E-state index contributed by atoms with van der Waals surface area (Å²) < 4.78 is 2.20. The van der Waals surface area contributed by atoms with E-state index in [0.29, 0.717) is 0 Å². The fraction of sp³-hybridized carbons (Fsp3) is 0. The van der Waals surface area contributed by atoms with Crippen LogP contribution in [0.5, 0.6) is 0 Å². The number of hydrogen-bond donors (Lipinski definition) is 0. The molecule has 0 aliphatic carbocycles. The molecule has 0 fully saturated rings. The van der Waals surface area contributed by atoms with Crippen LogP contribution in [0.3, 0.4) is 0 Å². The average Bonchev–Trinajstić information content (AvgIpc) is 3.70. The summed E-state index contributed by atoms with van der Waals surface area (Å²) in [4.78, 5) is 28.5. The SMILES string of the molecule is c1ccc(-n2c(-c3cc(-c4cc(-c5cccnc5)cc(-c5cccnc5)c4)cc(-c4cc(-c5cccnc5)cc(-c5cccnc5)c4)n3)nc3ccccc32)cc1. The van der Waals surface area contributed by atoms with Gasteiger partial charge in [-0.05, 0) is 130 Å². The van der Waals surface area contributed by atoms with Gasteiger partial charge >= 0.3 is 0 Å². The van der Waals surface area contributed by atoms with Crippen LogP contribution in [0.25, 0.3) is 95.1 Å². The van der Waals surface area contributed by atoms with E-state index in [2.05, 4.69) is 140 Å². The van der Waals surface area contributed by atoms with E-state index in [9.17, 15) is 0 Å². The van der Waals surface area contributed by atoms with E-state index in [-0.39, 0.29) is 0 Å². The van der Waals surface area contributed by atoms with Crippen molar-refractivity contribution < 1.29 is 0 Å². The molecular formula is C50H33N7. The second-order valence-corrected chi connectivity index (χ2v) is 13.8. The van der Waals surface area contributed by atoms with Gasteiger partial charge in [0.25, 0.3) is 0 Å². The van der Waals surface area contributed by atoms with Gasteiger partial charge in [0.15, 0.2) is 5.82 Å². The van der Waals surface area contributed by atoms with Crippen molar-refractivity contribution in [3.05, 3.63) is 201 Å². The number of rotatable bonds is 8. The third kappa shape index (κ3) is 6.75. The van der Waals surface area contributed by atoms with Gasteiger partial charge in [0.05, 0.1) is 16.7 Å². The van der Waals surface area contributed by atoms with Gasteiger partial charge in [-0.1, -0.05) is 54.6 Å². The van der Waals surface area contributed by atoms with Crippen LogP contribution in [-0.4, -0.2) is 34.5 Å². The van der Waals surface area contributed by atoms with Crippen LogP contribution in [0.4, 0.5) is 0 Å². The third-order valence-electron chi connectivity index (χ3n) is 10.1. The van der Waals surface area contributed by atoms with Crippen molar-refractivity contribution in [2.75, 3.05) is 0 Å². The minimum Gasteiger partial charge on any atom is -0.291 e. The molecule has 0 atom stereocenters. The maximum atomic E-state index is 5.48. The predicted octanol–water partition coefficient (Wildman–Crippen LogP) is 11.7. The van der Waals surface area contributed by atoms with E-state index >= 15 is 0 Å². The fourth-order valence-corrected chi connectivity index (χ4v) is 7.37. The van der Waals surface area contributed by atoms with Gasteiger partial charge < -0.3 is 0 Å². The van der Waals surface area contributed by atoms with E-state index in [1.165, 1.54) is 0 Å². The Morgan fingerprint density at radius 3 is 1.23 bits per heavy atom. The zero-order valence-electron chi connectivity index (χ0n) is 30.7. The highest BCUT2D eigenvalue weighted by Crippen LogP contribution is 2.39. The first-order valence-corrected chi connectivity index (χ1v) is 18.7. The molecule has 7 heteroatoms. The van der Waals surface area contributed by atoms with Crippen LogP contribution >= 0.6 is 0 Å². The molecule has 0 spiro atoms. The summed E-state index contributed by atoms with van der Waals surface area (Å²) >= 11 is 0. The zero-order chi connectivity index (χ0) is 38.0. The average molecular weight is 732 g/mol. The molecular weight excluding hydrogens is 699 g/mol. The molecule has 0 aliphatic rings. The van der Waals surface area contributed by atoms with Gasteiger partial charge in [-0.3, -0.25) is 24.5 Å². The van der Waals surface area contributed by atoms with E-state index in [1.54, 1.807) is 24.8 Å². The normalized spacial score (nSPS) is 11.2. The lowest BCUT2D eigenvalue weighted by atomic mass is 9.92. The summed E-state index contributed by atoms with van der Waals surface area (Å²) in [6.07, 6.45) is 14.8. The minimum absolute atomic E-state index is 0.743. The maximum absolute atomic E-state index is 5.48. The molecule has 0 amide bonds. The van der Waals surface area contributed by atoms with Crippen molar-refractivity contribution in [3.63, 3.8) is 0 Å². The Labute approximate surface area is 329 Å². The lowest BCUT2D eigenvalue weighted by molar-refractivity contribution is 1.08. The third-order valence-corrected chi connectivity index (χ3v) is 10.1. The summed E-state index contributed by atoms with van der Waals surface area (Å²) in [5.74, 6) is 0.747. The highest BCUT2D eigenvalue weighted by molar-refractivity contribution is 5.88. The van der Waals surface area contributed by atoms with E-state index < -0.39 is 0 Å². The Hall–Kier alpha value is -7.90. The molecule has 10 rings (SSSR count). The molecule has 4 aromatic carbocycles. The number of hydrogen-bond acceptors (Lipinski definition) is 6. The van der Waals surface area contributed by atoms with Gasteiger partial charge in [0.2, 0.25) is 0 Å². The van der Waals surface area contributed by atoms with Crippen molar-refractivity contribution in [1.29, 1.82) is 0 Å². The lowest BCUT2D eigenvalue weighted by Crippen LogP contribution is -2.00. The Morgan fingerprint density at radius 2 is 0.737 bits per heavy atom. The first-order valence-electron chi connectivity index (χ1n) is 18.7. The van der Waals surface area contributed by atoms with Crippen LogP contribution in [0.15, 0.2) is 201 Å². The maximum Gasteiger partial charge on any atom is 0.164 e. The Kier molecular flexibility index (Phi) is 8.70. The Balaban J connectivity index is 1.26. The van der Waals surface area contributed by atoms with Gasteiger partial charge in [-0.15, -0.1) is 0 Å². The predicted molar refractivity (Wildman–Crippen MR) is 228 cm³/mol. The minimum atomic E-state index is 0.743. The van der Waals surface area contributed by atoms with E-state index in [1.807, 2.05) is 61.2 Å². The number of imidazole rings is 1. The first-order chi connectivity index (χ1) is 28.2. The number of fused-ring (bicyclic) bond motifs is 1. The number of aromatic nitrogens is 7. The summed E-state index contributed by atoms with van der Waals surface area (Å²) in [5, 5.41) is 0. The first kappa shape index (κ1) is 33.7. The molecule has 0 saturated heterocycles. The van der Waals surface area contributed by atoms with Gasteiger partial charge in [0, 0.05) is 83.1 Å². The Bertz CT molecular complexity index is 2730. The van der Waals surface area contributed by atoms with Crippen LogP contribution < -0.4 is 0 Å². The number of pyridine rings is 5. The second kappa shape index (κ2) is 14.7. The van der Waals surface area contributed by atoms with E-state index in [0.717, 1.165) is 95.1 Å². The molecule has 57 heavy (non-hydrogen) atoms. The molecule has 0 saturated carbocycles. The molecule has 6 heterocycles. The Morgan fingerprint density at radius 1 is 0.316 bits per heavy atom. The van der Waals surface area contributed by atoms with Gasteiger partial charge in [0.1, 0.15) is 5.69 Å². The molecule has 10 aromatic rings. The summed E-state index contributed by atoms with van der Waals surface area (Å²) in [6, 6.07) is 52.4. The molecule has 0 N–H and O–H groups in total. The highest BCUT2D eigenvalue weighted by Gasteiger charge is 2.19. The standard InChI is InChI=1S/C50H33N7/c1-2-14-45(15-3-1)57-49-17-5-4-16-46(49)56-50(57)48-29-43(42-24-38(34-10-6-18-51-30-34)22-39(25-42)35-11-7-19-52-31-35)28-47(55-48)44-26-40(36-12-8-20-53-32-36)23-41(27-44)37-13-9-21-54-33-37/h1-33H. The fourth-order valence-electron chi connectivity index (χ4n) is 7.37. The number of para-hydroxylation sites is 3. The van der Waals surface area contributed by atoms with Crippen molar-refractivity contribution in [3.8, 4) is 84.1 Å². The smallest absolute Gasteiger partial charge is 0.164 e. The molecule has 0 bridgehead atoms. The second-order valence-electron chi connectivity index (χ2n) is 13.8. The molecule has 0 radical (unpaired) electrons. The quantitative estimate of drug-likeness (QED) is 0.155. The molecule has 0 aliphatic heterocycles. The van der Waals surface area contributed by atoms with Gasteiger partial charge in [-0.2, -0.15) is 0 Å². The summed E-state index contributed by atoms with van der Waals surface area (Å²) in [5.41, 5.74) is 15.6. The highest BCUT2D eigenvalue weighted by atomic mass is 15.1. The summed E-state index contributed by atoms with van der Waals surface area (Å²) in [7, 11) is 0. The number of benzene rings is 4. The monoisotopic (exact) mass is 731 g/mol. The van der Waals surface area contributed by atoms with Crippen molar-refractivity contribution in [2.24, 2.45) is 0 Å². The lowest BCUT2D eigenvalue weighted by Gasteiger charge is -2.16. The topological polar surface area (TPSA) is 82.3 Å². The van der Waals surface area contributed by atoms with Crippen LogP contribution in [0, 0.1) is 0 Å². The van der Waals surface area contributed by atoms with E-state index in [4.69, 9.17) is 9.97 Å². The summed E-state index contributed by atoms with van der Waals surface area (Å²) in [6.45, 7) is 0.